The molecule has 7 nitrogen and oxygen atoms in total. The van der Waals surface area contributed by atoms with Gasteiger partial charge in [-0.25, -0.2) is 20.0 Å². The molecular formula is C18H27N3O4. The molecule has 0 spiro atoms. The summed E-state index contributed by atoms with van der Waals surface area (Å²) >= 11 is 0. The van der Waals surface area contributed by atoms with Crippen molar-refractivity contribution in [3.63, 3.8) is 0 Å². The summed E-state index contributed by atoms with van der Waals surface area (Å²) in [6.07, 6.45) is 0.191. The van der Waals surface area contributed by atoms with Crippen LogP contribution in [0.25, 0.3) is 0 Å². The Morgan fingerprint density at radius 3 is 2.60 bits per heavy atom. The molecule has 0 aliphatic carbocycles. The molecule has 0 atom stereocenters. The molecule has 0 bridgehead atoms. The van der Waals surface area contributed by atoms with Crippen LogP contribution in [-0.2, 0) is 22.4 Å². The van der Waals surface area contributed by atoms with E-state index in [2.05, 4.69) is 16.8 Å². The van der Waals surface area contributed by atoms with Crippen molar-refractivity contribution in [1.82, 2.24) is 10.4 Å². The smallest absolute Gasteiger partial charge is 0.429 e. The maximum absolute atomic E-state index is 12.4. The van der Waals surface area contributed by atoms with Crippen molar-refractivity contribution in [3.8, 4) is 0 Å². The van der Waals surface area contributed by atoms with Crippen LogP contribution in [0.1, 0.15) is 45.2 Å². The van der Waals surface area contributed by atoms with E-state index < -0.39 is 12.2 Å². The molecule has 1 aliphatic heterocycles. The molecular weight excluding hydrogens is 322 g/mol. The molecule has 0 aromatic heterocycles. The highest BCUT2D eigenvalue weighted by atomic mass is 16.6. The summed E-state index contributed by atoms with van der Waals surface area (Å²) in [7, 11) is 0. The fraction of sp³-hybridized carbons (Fsp3) is 0.556. The largest absolute Gasteiger partial charge is 0.446 e. The summed E-state index contributed by atoms with van der Waals surface area (Å²) < 4.78 is 10.3. The highest BCUT2D eigenvalue weighted by molar-refractivity contribution is 5.74. The van der Waals surface area contributed by atoms with Gasteiger partial charge in [0.2, 0.25) is 0 Å². The molecule has 0 saturated carbocycles. The molecule has 7 heteroatoms. The van der Waals surface area contributed by atoms with Crippen LogP contribution in [0, 0.1) is 0 Å². The third kappa shape index (κ3) is 5.55. The van der Waals surface area contributed by atoms with Gasteiger partial charge >= 0.3 is 12.2 Å². The molecule has 1 aromatic rings. The molecule has 0 radical (unpaired) electrons. The predicted molar refractivity (Wildman–Crippen MR) is 95.2 cm³/mol. The number of nitrogens with zero attached hydrogens (tertiary/aromatic N) is 1. The number of anilines is 1. The van der Waals surface area contributed by atoms with Gasteiger partial charge < -0.3 is 14.8 Å². The molecule has 2 rings (SSSR count). The maximum atomic E-state index is 12.4. The first-order valence-corrected chi connectivity index (χ1v) is 8.67. The molecule has 0 fully saturated rings. The molecule has 2 N–H and O–H groups in total. The number of aryl methyl sites for hydroxylation is 1. The quantitative estimate of drug-likeness (QED) is 0.814. The van der Waals surface area contributed by atoms with Crippen molar-refractivity contribution in [2.24, 2.45) is 0 Å². The van der Waals surface area contributed by atoms with Crippen molar-refractivity contribution >= 4 is 17.9 Å². The zero-order valence-corrected chi connectivity index (χ0v) is 15.3. The van der Waals surface area contributed by atoms with Gasteiger partial charge in [0.15, 0.2) is 0 Å². The zero-order valence-electron chi connectivity index (χ0n) is 15.3. The molecule has 1 aromatic carbocycles. The number of hydrazine groups is 1. The highest BCUT2D eigenvalue weighted by Crippen LogP contribution is 2.27. The van der Waals surface area contributed by atoms with E-state index in [1.54, 1.807) is 27.7 Å². The number of hydrogen-bond acceptors (Lipinski definition) is 5. The molecule has 25 heavy (non-hydrogen) atoms. The Balaban J connectivity index is 2.17. The number of ether oxygens (including phenoxy) is 2. The van der Waals surface area contributed by atoms with E-state index in [0.717, 1.165) is 35.6 Å². The molecule has 1 heterocycles. The van der Waals surface area contributed by atoms with Crippen LogP contribution >= 0.6 is 0 Å². The van der Waals surface area contributed by atoms with Crippen molar-refractivity contribution < 1.29 is 19.1 Å². The summed E-state index contributed by atoms with van der Waals surface area (Å²) in [6, 6.07) is 5.96. The molecule has 138 valence electrons. The van der Waals surface area contributed by atoms with E-state index in [1.807, 2.05) is 12.1 Å². The lowest BCUT2D eigenvalue weighted by atomic mass is 9.99. The summed E-state index contributed by atoms with van der Waals surface area (Å²) in [5, 5.41) is 4.53. The monoisotopic (exact) mass is 349 g/mol. The summed E-state index contributed by atoms with van der Waals surface area (Å²) in [5.41, 5.74) is 5.63. The second-order valence-electron chi connectivity index (χ2n) is 6.57. The fourth-order valence-corrected chi connectivity index (χ4v) is 2.65. The topological polar surface area (TPSA) is 79.9 Å². The van der Waals surface area contributed by atoms with Crippen LogP contribution < -0.4 is 10.7 Å². The van der Waals surface area contributed by atoms with E-state index >= 15 is 0 Å². The van der Waals surface area contributed by atoms with Gasteiger partial charge in [-0.05, 0) is 51.7 Å². The Labute approximate surface area is 148 Å². The van der Waals surface area contributed by atoms with Crippen LogP contribution in [-0.4, -0.2) is 35.9 Å². The Hall–Kier alpha value is -2.44. The summed E-state index contributed by atoms with van der Waals surface area (Å²) in [6.45, 7) is 8.09. The zero-order chi connectivity index (χ0) is 18.4. The Kier molecular flexibility index (Phi) is 6.50. The maximum Gasteiger partial charge on any atom is 0.429 e. The lowest BCUT2D eigenvalue weighted by molar-refractivity contribution is 0.0445. The predicted octanol–water partition coefficient (Wildman–Crippen LogP) is 3.44. The molecule has 1 aliphatic rings. The average Bonchev–Trinajstić information content (AvgIpc) is 2.53. The van der Waals surface area contributed by atoms with Gasteiger partial charge in [0.25, 0.3) is 0 Å². The van der Waals surface area contributed by atoms with Crippen molar-refractivity contribution in [1.29, 1.82) is 0 Å². The van der Waals surface area contributed by atoms with E-state index in [4.69, 9.17) is 9.47 Å². The number of rotatable bonds is 4. The first-order chi connectivity index (χ1) is 11.9. The van der Waals surface area contributed by atoms with Crippen molar-refractivity contribution in [2.45, 2.75) is 59.3 Å². The van der Waals surface area contributed by atoms with Crippen LogP contribution in [0.15, 0.2) is 18.2 Å². The molecule has 2 amide bonds. The first-order valence-electron chi connectivity index (χ1n) is 8.67. The van der Waals surface area contributed by atoms with Crippen LogP contribution in [0.5, 0.6) is 0 Å². The summed E-state index contributed by atoms with van der Waals surface area (Å²) in [4.78, 5) is 24.3. The number of amides is 2. The fourth-order valence-electron chi connectivity index (χ4n) is 2.65. The van der Waals surface area contributed by atoms with E-state index in [9.17, 15) is 9.59 Å². The van der Waals surface area contributed by atoms with Crippen LogP contribution in [0.2, 0.25) is 0 Å². The second kappa shape index (κ2) is 8.60. The SMILES string of the molecule is CC(C)OC(=O)NN(Cc1cccc2c1NCCC2)C(=O)OC(C)C. The minimum absolute atomic E-state index is 0.189. The van der Waals surface area contributed by atoms with Gasteiger partial charge in [0.1, 0.15) is 0 Å². The van der Waals surface area contributed by atoms with Gasteiger partial charge in [0.05, 0.1) is 18.8 Å². The van der Waals surface area contributed by atoms with E-state index in [0.29, 0.717) is 0 Å². The van der Waals surface area contributed by atoms with Gasteiger partial charge in [0, 0.05) is 12.2 Å². The number of carbonyl (C=O) groups excluding carboxylic acids is 2. The van der Waals surface area contributed by atoms with Crippen LogP contribution in [0.4, 0.5) is 15.3 Å². The van der Waals surface area contributed by atoms with Crippen molar-refractivity contribution in [2.75, 3.05) is 11.9 Å². The van der Waals surface area contributed by atoms with E-state index in [1.165, 1.54) is 5.56 Å². The van der Waals surface area contributed by atoms with Gasteiger partial charge in [-0.2, -0.15) is 0 Å². The number of carbonyl (C=O) groups is 2. The van der Waals surface area contributed by atoms with Gasteiger partial charge in [-0.3, -0.25) is 0 Å². The Morgan fingerprint density at radius 2 is 1.92 bits per heavy atom. The number of hydrogen-bond donors (Lipinski definition) is 2. The van der Waals surface area contributed by atoms with Crippen molar-refractivity contribution in [3.05, 3.63) is 29.3 Å². The Bertz CT molecular complexity index is 616. The third-order valence-electron chi connectivity index (χ3n) is 3.62. The lowest BCUT2D eigenvalue weighted by Crippen LogP contribution is -2.47. The number of nitrogens with one attached hydrogen (secondary N) is 2. The highest BCUT2D eigenvalue weighted by Gasteiger charge is 2.23. The summed E-state index contributed by atoms with van der Waals surface area (Å²) in [5.74, 6) is 0. The Morgan fingerprint density at radius 1 is 1.20 bits per heavy atom. The lowest BCUT2D eigenvalue weighted by Gasteiger charge is -2.27. The normalized spacial score (nSPS) is 13.0. The molecule has 0 unspecified atom stereocenters. The number of fused-ring (bicyclic) bond motifs is 1. The molecule has 0 saturated heterocycles. The van der Waals surface area contributed by atoms with Gasteiger partial charge in [-0.15, -0.1) is 0 Å². The van der Waals surface area contributed by atoms with Gasteiger partial charge in [-0.1, -0.05) is 18.2 Å². The second-order valence-corrected chi connectivity index (χ2v) is 6.57. The third-order valence-corrected chi connectivity index (χ3v) is 3.62. The average molecular weight is 349 g/mol. The standard InChI is InChI=1S/C18H27N3O4/c1-12(2)24-17(22)20-21(18(23)25-13(3)4)11-15-8-5-7-14-9-6-10-19-16(14)15/h5,7-8,12-13,19H,6,9-11H2,1-4H3,(H,20,22). The number of benzene rings is 1. The van der Waals surface area contributed by atoms with Crippen LogP contribution in [0.3, 0.4) is 0 Å². The van der Waals surface area contributed by atoms with E-state index in [-0.39, 0.29) is 18.8 Å². The minimum Gasteiger partial charge on any atom is -0.446 e. The minimum atomic E-state index is -0.687. The first kappa shape index (κ1) is 18.9. The number of para-hydroxylation sites is 1.